The van der Waals surface area contributed by atoms with Gasteiger partial charge in [0.1, 0.15) is 6.61 Å². The Morgan fingerprint density at radius 2 is 1.72 bits per heavy atom. The standard InChI is InChI=1S/C27H22BrNO3/c1-31-25-17-20(16-23(28)27(25)32-18-19-8-3-2-4-9-19)14-15-26(30)29-24-13-7-11-21-10-5-6-12-22(21)24/h2-17H,18H2,1H3,(H,29,30)/b15-14+. The highest BCUT2D eigenvalue weighted by atomic mass is 79.9. The van der Waals surface area contributed by atoms with Crippen LogP contribution in [0.15, 0.2) is 95.5 Å². The van der Waals surface area contributed by atoms with Crippen LogP contribution in [-0.4, -0.2) is 13.0 Å². The molecule has 0 aliphatic heterocycles. The second kappa shape index (κ2) is 10.2. The van der Waals surface area contributed by atoms with E-state index in [9.17, 15) is 4.79 Å². The topological polar surface area (TPSA) is 47.6 Å². The van der Waals surface area contributed by atoms with E-state index < -0.39 is 0 Å². The van der Waals surface area contributed by atoms with Crippen LogP contribution in [0.1, 0.15) is 11.1 Å². The van der Waals surface area contributed by atoms with Crippen molar-refractivity contribution in [3.63, 3.8) is 0 Å². The predicted octanol–water partition coefficient (Wildman–Crippen LogP) is 6.84. The maximum atomic E-state index is 12.5. The molecule has 0 fully saturated rings. The lowest BCUT2D eigenvalue weighted by Crippen LogP contribution is -2.08. The van der Waals surface area contributed by atoms with Gasteiger partial charge in [-0.15, -0.1) is 0 Å². The molecular weight excluding hydrogens is 466 g/mol. The maximum absolute atomic E-state index is 12.5. The number of carbonyl (C=O) groups is 1. The predicted molar refractivity (Wildman–Crippen MR) is 133 cm³/mol. The normalized spacial score (nSPS) is 10.9. The molecule has 0 radical (unpaired) electrons. The van der Waals surface area contributed by atoms with Crippen molar-refractivity contribution in [1.82, 2.24) is 0 Å². The monoisotopic (exact) mass is 487 g/mol. The van der Waals surface area contributed by atoms with Gasteiger partial charge in [0, 0.05) is 17.1 Å². The number of amides is 1. The molecule has 4 rings (SSSR count). The lowest BCUT2D eigenvalue weighted by atomic mass is 10.1. The Morgan fingerprint density at radius 3 is 2.53 bits per heavy atom. The third-order valence-electron chi connectivity index (χ3n) is 4.95. The molecule has 5 heteroatoms. The molecule has 4 aromatic rings. The van der Waals surface area contributed by atoms with Crippen LogP contribution in [-0.2, 0) is 11.4 Å². The first-order chi connectivity index (χ1) is 15.6. The quantitative estimate of drug-likeness (QED) is 0.290. The first-order valence-corrected chi connectivity index (χ1v) is 10.9. The zero-order valence-electron chi connectivity index (χ0n) is 17.5. The summed E-state index contributed by atoms with van der Waals surface area (Å²) in [4.78, 5) is 12.5. The fraction of sp³-hybridized carbons (Fsp3) is 0.0741. The van der Waals surface area contributed by atoms with Gasteiger partial charge in [-0.3, -0.25) is 4.79 Å². The van der Waals surface area contributed by atoms with Crippen LogP contribution >= 0.6 is 15.9 Å². The maximum Gasteiger partial charge on any atom is 0.248 e. The molecule has 0 atom stereocenters. The van der Waals surface area contributed by atoms with E-state index in [1.165, 1.54) is 6.08 Å². The van der Waals surface area contributed by atoms with Gasteiger partial charge in [-0.05, 0) is 56.7 Å². The zero-order valence-corrected chi connectivity index (χ0v) is 19.1. The molecule has 1 amide bonds. The Morgan fingerprint density at radius 1 is 0.969 bits per heavy atom. The first kappa shape index (κ1) is 21.7. The Hall–Kier alpha value is -3.57. The van der Waals surface area contributed by atoms with Crippen molar-refractivity contribution in [3.8, 4) is 11.5 Å². The summed E-state index contributed by atoms with van der Waals surface area (Å²) in [5.41, 5.74) is 2.66. The number of hydrogen-bond acceptors (Lipinski definition) is 3. The Bertz CT molecular complexity index is 1260. The summed E-state index contributed by atoms with van der Waals surface area (Å²) >= 11 is 3.56. The molecule has 0 aliphatic carbocycles. The van der Waals surface area contributed by atoms with Crippen LogP contribution in [0, 0.1) is 0 Å². The second-order valence-electron chi connectivity index (χ2n) is 7.16. The molecule has 0 aliphatic rings. The Kier molecular flexibility index (Phi) is 6.87. The molecule has 1 N–H and O–H groups in total. The minimum Gasteiger partial charge on any atom is -0.493 e. The number of hydrogen-bond donors (Lipinski definition) is 1. The highest BCUT2D eigenvalue weighted by molar-refractivity contribution is 9.10. The summed E-state index contributed by atoms with van der Waals surface area (Å²) in [7, 11) is 1.60. The van der Waals surface area contributed by atoms with Gasteiger partial charge >= 0.3 is 0 Å². The Labute approximate surface area is 195 Å². The summed E-state index contributed by atoms with van der Waals surface area (Å²) in [5.74, 6) is 0.999. The lowest BCUT2D eigenvalue weighted by Gasteiger charge is -2.13. The van der Waals surface area contributed by atoms with Gasteiger partial charge in [-0.2, -0.15) is 0 Å². The number of fused-ring (bicyclic) bond motifs is 1. The van der Waals surface area contributed by atoms with E-state index in [2.05, 4.69) is 21.2 Å². The minimum absolute atomic E-state index is 0.208. The summed E-state index contributed by atoms with van der Waals surface area (Å²) in [6.07, 6.45) is 3.25. The summed E-state index contributed by atoms with van der Waals surface area (Å²) in [6.45, 7) is 0.429. The SMILES string of the molecule is COc1cc(/C=C/C(=O)Nc2cccc3ccccc23)cc(Br)c1OCc1ccccc1. The third-order valence-corrected chi connectivity index (χ3v) is 5.54. The third kappa shape index (κ3) is 5.18. The van der Waals surface area contributed by atoms with Gasteiger partial charge in [0.25, 0.3) is 0 Å². The molecule has 32 heavy (non-hydrogen) atoms. The molecule has 4 aromatic carbocycles. The fourth-order valence-corrected chi connectivity index (χ4v) is 3.96. The summed E-state index contributed by atoms with van der Waals surface area (Å²) in [5, 5.41) is 5.03. The van der Waals surface area contributed by atoms with Crippen molar-refractivity contribution >= 4 is 44.4 Å². The number of rotatable bonds is 7. The highest BCUT2D eigenvalue weighted by Crippen LogP contribution is 2.37. The van der Waals surface area contributed by atoms with E-state index in [1.54, 1.807) is 13.2 Å². The molecule has 0 saturated carbocycles. The van der Waals surface area contributed by atoms with Crippen LogP contribution in [0.3, 0.4) is 0 Å². The summed E-state index contributed by atoms with van der Waals surface area (Å²) < 4.78 is 12.2. The number of carbonyl (C=O) groups excluding carboxylic acids is 1. The fourth-order valence-electron chi connectivity index (χ4n) is 3.39. The van der Waals surface area contributed by atoms with E-state index in [1.807, 2.05) is 84.9 Å². The highest BCUT2D eigenvalue weighted by Gasteiger charge is 2.12. The van der Waals surface area contributed by atoms with Gasteiger partial charge in [0.05, 0.1) is 11.6 Å². The molecule has 0 unspecified atom stereocenters. The Balaban J connectivity index is 1.48. The van der Waals surface area contributed by atoms with Crippen LogP contribution in [0.5, 0.6) is 11.5 Å². The molecule has 160 valence electrons. The number of halogens is 1. The van der Waals surface area contributed by atoms with Crippen molar-refractivity contribution in [3.05, 3.63) is 107 Å². The average molecular weight is 488 g/mol. The van der Waals surface area contributed by atoms with E-state index in [0.717, 1.165) is 32.1 Å². The number of methoxy groups -OCH3 is 1. The van der Waals surface area contributed by atoms with Gasteiger partial charge in [0.15, 0.2) is 11.5 Å². The van der Waals surface area contributed by atoms with E-state index in [0.29, 0.717) is 18.1 Å². The molecule has 0 spiro atoms. The number of benzene rings is 4. The van der Waals surface area contributed by atoms with Gasteiger partial charge in [-0.25, -0.2) is 0 Å². The number of ether oxygens (including phenoxy) is 2. The van der Waals surface area contributed by atoms with Crippen LogP contribution in [0.25, 0.3) is 16.8 Å². The molecule has 0 bridgehead atoms. The second-order valence-corrected chi connectivity index (χ2v) is 8.01. The first-order valence-electron chi connectivity index (χ1n) is 10.1. The van der Waals surface area contributed by atoms with Gasteiger partial charge in [0.2, 0.25) is 5.91 Å². The van der Waals surface area contributed by atoms with Crippen LogP contribution in [0.2, 0.25) is 0 Å². The van der Waals surface area contributed by atoms with E-state index >= 15 is 0 Å². The van der Waals surface area contributed by atoms with Crippen molar-refractivity contribution < 1.29 is 14.3 Å². The molecule has 0 aromatic heterocycles. The zero-order chi connectivity index (χ0) is 22.3. The van der Waals surface area contributed by atoms with Crippen LogP contribution < -0.4 is 14.8 Å². The van der Waals surface area contributed by atoms with E-state index in [4.69, 9.17) is 9.47 Å². The number of nitrogens with one attached hydrogen (secondary N) is 1. The molecule has 4 nitrogen and oxygen atoms in total. The summed E-state index contributed by atoms with van der Waals surface area (Å²) in [6, 6.07) is 27.5. The van der Waals surface area contributed by atoms with Crippen molar-refractivity contribution in [2.24, 2.45) is 0 Å². The van der Waals surface area contributed by atoms with Gasteiger partial charge < -0.3 is 14.8 Å². The smallest absolute Gasteiger partial charge is 0.248 e. The lowest BCUT2D eigenvalue weighted by molar-refractivity contribution is -0.111. The van der Waals surface area contributed by atoms with Gasteiger partial charge in [-0.1, -0.05) is 66.7 Å². The van der Waals surface area contributed by atoms with Crippen molar-refractivity contribution in [1.29, 1.82) is 0 Å². The molecule has 0 heterocycles. The largest absolute Gasteiger partial charge is 0.493 e. The average Bonchev–Trinajstić information content (AvgIpc) is 2.82. The molecule has 0 saturated heterocycles. The number of anilines is 1. The van der Waals surface area contributed by atoms with Crippen molar-refractivity contribution in [2.45, 2.75) is 6.61 Å². The minimum atomic E-state index is -0.208. The van der Waals surface area contributed by atoms with Crippen molar-refractivity contribution in [2.75, 3.05) is 12.4 Å². The van der Waals surface area contributed by atoms with E-state index in [-0.39, 0.29) is 5.91 Å². The molecular formula is C27H22BrNO3. The van der Waals surface area contributed by atoms with Crippen LogP contribution in [0.4, 0.5) is 5.69 Å².